The second-order valence-corrected chi connectivity index (χ2v) is 3.05. The number of hydrogen-bond donors (Lipinski definition) is 1. The van der Waals surface area contributed by atoms with Crippen molar-refractivity contribution in [3.8, 4) is 0 Å². The number of hydrogen-bond acceptors (Lipinski definition) is 2. The molecule has 2 nitrogen and oxygen atoms in total. The molecule has 0 aliphatic rings. The summed E-state index contributed by atoms with van der Waals surface area (Å²) < 4.78 is 0. The average Bonchev–Trinajstić information content (AvgIpc) is 2.04. The maximum absolute atomic E-state index is 3.81. The quantitative estimate of drug-likeness (QED) is 0.601. The molecule has 0 aromatic rings. The molecular formula is C10H22N2. The molecule has 0 amide bonds. The number of aliphatic imine (C=N–C) groups is 1. The molecule has 0 saturated heterocycles. The van der Waals surface area contributed by atoms with Gasteiger partial charge in [0.1, 0.15) is 0 Å². The van der Waals surface area contributed by atoms with Crippen LogP contribution in [0.4, 0.5) is 0 Å². The number of rotatable bonds is 1. The minimum Gasteiger partial charge on any atom is -0.392 e. The van der Waals surface area contributed by atoms with Crippen molar-refractivity contribution >= 4 is 5.71 Å². The summed E-state index contributed by atoms with van der Waals surface area (Å²) in [5.41, 5.74) is 3.74. The Kier molecular flexibility index (Phi) is 9.54. The van der Waals surface area contributed by atoms with Gasteiger partial charge in [-0.2, -0.15) is 0 Å². The first kappa shape index (κ1) is 13.8. The van der Waals surface area contributed by atoms with E-state index in [9.17, 15) is 0 Å². The average molecular weight is 170 g/mol. The second-order valence-electron chi connectivity index (χ2n) is 3.05. The molecule has 0 rings (SSSR count). The third-order valence-electron chi connectivity index (χ3n) is 1.57. The summed E-state index contributed by atoms with van der Waals surface area (Å²) in [6.45, 7) is 10.2. The summed E-state index contributed by atoms with van der Waals surface area (Å²) in [5.74, 6) is 0. The van der Waals surface area contributed by atoms with Crippen LogP contribution in [0.3, 0.4) is 0 Å². The third kappa shape index (κ3) is 11.9. The first-order chi connectivity index (χ1) is 5.45. The topological polar surface area (TPSA) is 24.4 Å². The Balaban J connectivity index is 0. The maximum Gasteiger partial charge on any atom is 0.0276 e. The van der Waals surface area contributed by atoms with Crippen LogP contribution in [0.5, 0.6) is 0 Å². The number of nitrogens with one attached hydrogen (secondary N) is 1. The zero-order chi connectivity index (χ0) is 10.1. The van der Waals surface area contributed by atoms with Crippen LogP contribution < -0.4 is 5.32 Å². The second kappa shape index (κ2) is 8.31. The lowest BCUT2D eigenvalue weighted by atomic mass is 10.3. The van der Waals surface area contributed by atoms with Crippen molar-refractivity contribution in [2.24, 2.45) is 4.99 Å². The lowest BCUT2D eigenvalue weighted by Gasteiger charge is -1.98. The molecule has 2 heteroatoms. The maximum atomic E-state index is 3.81. The van der Waals surface area contributed by atoms with Gasteiger partial charge in [-0.25, -0.2) is 0 Å². The summed E-state index contributed by atoms with van der Waals surface area (Å²) in [4.78, 5) is 3.81. The molecule has 0 saturated carbocycles. The molecule has 0 fully saturated rings. The van der Waals surface area contributed by atoms with E-state index in [0.29, 0.717) is 0 Å². The molecule has 0 bridgehead atoms. The molecule has 72 valence electrons. The van der Waals surface area contributed by atoms with Gasteiger partial charge in [0, 0.05) is 25.5 Å². The van der Waals surface area contributed by atoms with E-state index in [4.69, 9.17) is 0 Å². The predicted molar refractivity (Wildman–Crippen MR) is 57.8 cm³/mol. The largest absolute Gasteiger partial charge is 0.392 e. The van der Waals surface area contributed by atoms with Crippen molar-refractivity contribution in [2.75, 3.05) is 14.1 Å². The fourth-order valence-corrected chi connectivity index (χ4v) is 0.250. The van der Waals surface area contributed by atoms with Crippen molar-refractivity contribution in [1.29, 1.82) is 0 Å². The molecule has 0 aliphatic heterocycles. The van der Waals surface area contributed by atoms with Gasteiger partial charge >= 0.3 is 0 Å². The van der Waals surface area contributed by atoms with Crippen LogP contribution in [-0.4, -0.2) is 19.8 Å². The van der Waals surface area contributed by atoms with Gasteiger partial charge in [0.05, 0.1) is 0 Å². The summed E-state index contributed by atoms with van der Waals surface area (Å²) in [7, 11) is 3.72. The number of allylic oxidation sites excluding steroid dienone is 2. The summed E-state index contributed by atoms with van der Waals surface area (Å²) in [6, 6.07) is 0. The highest BCUT2D eigenvalue weighted by atomic mass is 14.8. The van der Waals surface area contributed by atoms with E-state index in [1.165, 1.54) is 11.3 Å². The predicted octanol–water partition coefficient (Wildman–Crippen LogP) is 2.62. The zero-order valence-electron chi connectivity index (χ0n) is 9.45. The van der Waals surface area contributed by atoms with Crippen LogP contribution in [0.15, 0.2) is 16.3 Å². The van der Waals surface area contributed by atoms with Crippen molar-refractivity contribution in [1.82, 2.24) is 5.32 Å². The highest BCUT2D eigenvalue weighted by Gasteiger charge is 1.81. The third-order valence-corrected chi connectivity index (χ3v) is 1.57. The van der Waals surface area contributed by atoms with Crippen LogP contribution in [0.2, 0.25) is 0 Å². The Bertz CT molecular complexity index is 159. The molecular weight excluding hydrogens is 148 g/mol. The van der Waals surface area contributed by atoms with E-state index in [2.05, 4.69) is 31.1 Å². The Morgan fingerprint density at radius 2 is 1.33 bits per heavy atom. The van der Waals surface area contributed by atoms with E-state index in [1.807, 2.05) is 20.9 Å². The van der Waals surface area contributed by atoms with Gasteiger partial charge < -0.3 is 5.32 Å². The van der Waals surface area contributed by atoms with E-state index in [0.717, 1.165) is 5.71 Å². The molecule has 1 N–H and O–H groups in total. The van der Waals surface area contributed by atoms with Crippen molar-refractivity contribution in [3.63, 3.8) is 0 Å². The SMILES string of the molecule is CN=C(C)C.CNC(C)=C(C)C. The highest BCUT2D eigenvalue weighted by molar-refractivity contribution is 5.78. The molecule has 0 aliphatic carbocycles. The van der Waals surface area contributed by atoms with E-state index >= 15 is 0 Å². The van der Waals surface area contributed by atoms with E-state index in [-0.39, 0.29) is 0 Å². The molecule has 0 aromatic heterocycles. The monoisotopic (exact) mass is 170 g/mol. The molecule has 0 atom stereocenters. The van der Waals surface area contributed by atoms with Gasteiger partial charge in [-0.1, -0.05) is 5.57 Å². The van der Waals surface area contributed by atoms with Gasteiger partial charge in [0.2, 0.25) is 0 Å². The van der Waals surface area contributed by atoms with Gasteiger partial charge in [0.15, 0.2) is 0 Å². The van der Waals surface area contributed by atoms with Crippen LogP contribution in [0.25, 0.3) is 0 Å². The van der Waals surface area contributed by atoms with Crippen molar-refractivity contribution < 1.29 is 0 Å². The van der Waals surface area contributed by atoms with Gasteiger partial charge in [-0.3, -0.25) is 4.99 Å². The smallest absolute Gasteiger partial charge is 0.0276 e. The first-order valence-corrected chi connectivity index (χ1v) is 4.17. The summed E-state index contributed by atoms with van der Waals surface area (Å²) in [5, 5.41) is 3.04. The van der Waals surface area contributed by atoms with Crippen LogP contribution in [-0.2, 0) is 0 Å². The molecule has 0 spiro atoms. The van der Waals surface area contributed by atoms with Crippen molar-refractivity contribution in [2.45, 2.75) is 34.6 Å². The standard InChI is InChI=1S/C6H13N.C4H9N/c1-5(2)6(3)7-4;1-4(2)5-3/h7H,1-4H3;1-3H3. The highest BCUT2D eigenvalue weighted by Crippen LogP contribution is 1.94. The van der Waals surface area contributed by atoms with Gasteiger partial charge in [0.25, 0.3) is 0 Å². The number of nitrogens with zero attached hydrogens (tertiary/aromatic N) is 1. The van der Waals surface area contributed by atoms with Gasteiger partial charge in [-0.15, -0.1) is 0 Å². The first-order valence-electron chi connectivity index (χ1n) is 4.17. The molecule has 0 radical (unpaired) electrons. The minimum absolute atomic E-state index is 1.13. The van der Waals surface area contributed by atoms with E-state index in [1.54, 1.807) is 7.05 Å². The summed E-state index contributed by atoms with van der Waals surface area (Å²) in [6.07, 6.45) is 0. The van der Waals surface area contributed by atoms with Crippen molar-refractivity contribution in [3.05, 3.63) is 11.3 Å². The Morgan fingerprint density at radius 3 is 1.33 bits per heavy atom. The summed E-state index contributed by atoms with van der Waals surface area (Å²) >= 11 is 0. The molecule has 0 unspecified atom stereocenters. The lowest BCUT2D eigenvalue weighted by molar-refractivity contribution is 0.957. The fourth-order valence-electron chi connectivity index (χ4n) is 0.250. The Morgan fingerprint density at radius 1 is 1.00 bits per heavy atom. The zero-order valence-corrected chi connectivity index (χ0v) is 9.45. The molecule has 0 aromatic carbocycles. The van der Waals surface area contributed by atoms with Crippen LogP contribution >= 0.6 is 0 Å². The molecule has 0 heterocycles. The Labute approximate surface area is 76.8 Å². The van der Waals surface area contributed by atoms with Crippen LogP contribution in [0.1, 0.15) is 34.6 Å². The fraction of sp³-hybridized carbons (Fsp3) is 0.700. The van der Waals surface area contributed by atoms with Gasteiger partial charge in [-0.05, 0) is 34.6 Å². The van der Waals surface area contributed by atoms with Crippen LogP contribution in [0, 0.1) is 0 Å². The normalized spacial score (nSPS) is 7.58. The Hall–Kier alpha value is -0.790. The minimum atomic E-state index is 1.13. The van der Waals surface area contributed by atoms with E-state index < -0.39 is 0 Å². The lowest BCUT2D eigenvalue weighted by Crippen LogP contribution is -2.02. The molecule has 12 heavy (non-hydrogen) atoms.